The van der Waals surface area contributed by atoms with Crippen molar-refractivity contribution >= 4 is 38.9 Å². The first-order valence-corrected chi connectivity index (χ1v) is 18.5. The molecule has 0 N–H and O–H groups in total. The highest BCUT2D eigenvalue weighted by atomic mass is 16.3. The van der Waals surface area contributed by atoms with E-state index in [-0.39, 0.29) is 10.8 Å². The lowest BCUT2D eigenvalue weighted by molar-refractivity contribution is 0.332. The summed E-state index contributed by atoms with van der Waals surface area (Å²) in [4.78, 5) is 15.5. The van der Waals surface area contributed by atoms with Crippen LogP contribution in [-0.2, 0) is 17.3 Å². The molecule has 3 heterocycles. The van der Waals surface area contributed by atoms with Gasteiger partial charge in [-0.1, -0.05) is 107 Å². The summed E-state index contributed by atoms with van der Waals surface area (Å²) < 4.78 is 8.74. The number of hydrogen-bond acceptors (Lipinski definition) is 4. The summed E-state index contributed by atoms with van der Waals surface area (Å²) in [5.74, 6) is 2.86. The van der Waals surface area contributed by atoms with Crippen LogP contribution in [0.4, 0.5) is 0 Å². The molecule has 0 aliphatic heterocycles. The molecule has 10 rings (SSSR count). The zero-order chi connectivity index (χ0) is 35.2. The number of furan rings is 1. The molecule has 5 heteroatoms. The molecule has 0 atom stereocenters. The molecule has 0 radical (unpaired) electrons. The average molecular weight is 677 g/mol. The molecule has 0 amide bonds. The number of aryl methyl sites for hydroxylation is 1. The Morgan fingerprint density at radius 1 is 0.615 bits per heavy atom. The molecular weight excluding hydrogens is 637 g/mol. The van der Waals surface area contributed by atoms with Crippen LogP contribution in [0.1, 0.15) is 69.4 Å². The predicted octanol–water partition coefficient (Wildman–Crippen LogP) is 12.0. The van der Waals surface area contributed by atoms with E-state index < -0.39 is 0 Å². The van der Waals surface area contributed by atoms with Gasteiger partial charge in [0.1, 0.15) is 11.3 Å². The van der Waals surface area contributed by atoms with E-state index >= 15 is 0 Å². The Hall–Kier alpha value is -5.81. The van der Waals surface area contributed by atoms with Gasteiger partial charge in [-0.05, 0) is 90.1 Å². The van der Waals surface area contributed by atoms with Gasteiger partial charge in [0.2, 0.25) is 0 Å². The topological polar surface area (TPSA) is 56.7 Å². The van der Waals surface area contributed by atoms with Gasteiger partial charge in [-0.25, -0.2) is 15.0 Å². The molecule has 5 nitrogen and oxygen atoms in total. The first-order chi connectivity index (χ1) is 25.2. The van der Waals surface area contributed by atoms with Crippen molar-refractivity contribution in [2.24, 2.45) is 0 Å². The van der Waals surface area contributed by atoms with E-state index in [1.54, 1.807) is 0 Å². The Morgan fingerprint density at radius 3 is 2.13 bits per heavy atom. The fraction of sp³-hybridized carbons (Fsp3) is 0.213. The van der Waals surface area contributed by atoms with Crippen LogP contribution >= 0.6 is 0 Å². The Bertz CT molecular complexity index is 2740. The van der Waals surface area contributed by atoms with Gasteiger partial charge in [0.25, 0.3) is 0 Å². The smallest absolute Gasteiger partial charge is 0.164 e. The number of aromatic nitrogens is 4. The van der Waals surface area contributed by atoms with Crippen molar-refractivity contribution < 1.29 is 4.42 Å². The zero-order valence-corrected chi connectivity index (χ0v) is 30.1. The first-order valence-electron chi connectivity index (χ1n) is 18.5. The second-order valence-corrected chi connectivity index (χ2v) is 15.8. The lowest BCUT2D eigenvalue weighted by atomic mass is 9.63. The molecule has 0 fully saturated rings. The lowest BCUT2D eigenvalue weighted by Crippen LogP contribution is -2.33. The molecule has 2 aliphatic carbocycles. The van der Waals surface area contributed by atoms with Crippen molar-refractivity contribution in [3.8, 4) is 39.9 Å². The number of para-hydroxylation sites is 1. The lowest BCUT2D eigenvalue weighted by Gasteiger charge is -2.42. The van der Waals surface area contributed by atoms with E-state index in [0.29, 0.717) is 17.5 Å². The third-order valence-corrected chi connectivity index (χ3v) is 11.6. The van der Waals surface area contributed by atoms with E-state index in [1.807, 2.05) is 30.3 Å². The Balaban J connectivity index is 1.19. The van der Waals surface area contributed by atoms with Gasteiger partial charge in [-0.15, -0.1) is 0 Å². The van der Waals surface area contributed by atoms with Gasteiger partial charge in [-0.3, -0.25) is 0 Å². The molecule has 0 bridgehead atoms. The minimum Gasteiger partial charge on any atom is -0.456 e. The molecule has 5 aromatic carbocycles. The molecule has 0 saturated heterocycles. The van der Waals surface area contributed by atoms with Crippen LogP contribution in [0.15, 0.2) is 120 Å². The summed E-state index contributed by atoms with van der Waals surface area (Å²) in [6.07, 6.45) is 8.55. The van der Waals surface area contributed by atoms with Crippen LogP contribution < -0.4 is 0 Å². The molecular formula is C47H40N4O. The quantitative estimate of drug-likeness (QED) is 0.186. The highest BCUT2D eigenvalue weighted by molar-refractivity contribution is 6.10. The monoisotopic (exact) mass is 676 g/mol. The third-order valence-electron chi connectivity index (χ3n) is 11.6. The number of benzene rings is 5. The molecule has 2 aliphatic rings. The average Bonchev–Trinajstić information content (AvgIpc) is 3.72. The first kappa shape index (κ1) is 31.0. The van der Waals surface area contributed by atoms with Crippen LogP contribution in [0.25, 0.3) is 78.7 Å². The number of nitrogens with zero attached hydrogens (tertiary/aromatic N) is 4. The van der Waals surface area contributed by atoms with Crippen molar-refractivity contribution in [3.63, 3.8) is 0 Å². The van der Waals surface area contributed by atoms with Gasteiger partial charge >= 0.3 is 0 Å². The molecule has 254 valence electrons. The van der Waals surface area contributed by atoms with Crippen LogP contribution in [0, 0.1) is 0 Å². The summed E-state index contributed by atoms with van der Waals surface area (Å²) in [6, 6.07) is 38.9. The van der Waals surface area contributed by atoms with Crippen molar-refractivity contribution in [3.05, 3.63) is 138 Å². The molecule has 0 unspecified atom stereocenters. The van der Waals surface area contributed by atoms with Crippen molar-refractivity contribution in [1.29, 1.82) is 0 Å². The molecule has 0 saturated carbocycles. The standard InChI is InChI=1S/C47H40N4O/c1-46(2)24-25-47(3,4)37-28-39-35(27-36(37)46)32-18-8-10-21-38(32)51(39)31-17-12-16-30(26-31)44-48-43(29-14-6-5-7-15-29)49-45(50-44)34-20-13-23-41-42(34)33-19-9-11-22-40(33)52-41/h5-8,10-18,20-23,26-28H,9,19,24-25H2,1-4H3. The minimum atomic E-state index is 0.102. The van der Waals surface area contributed by atoms with E-state index in [9.17, 15) is 0 Å². The molecule has 3 aromatic heterocycles. The van der Waals surface area contributed by atoms with Crippen molar-refractivity contribution in [2.45, 2.75) is 64.2 Å². The van der Waals surface area contributed by atoms with E-state index in [4.69, 9.17) is 19.4 Å². The van der Waals surface area contributed by atoms with Crippen LogP contribution in [0.3, 0.4) is 0 Å². The van der Waals surface area contributed by atoms with Crippen LogP contribution in [-0.4, -0.2) is 19.5 Å². The second-order valence-electron chi connectivity index (χ2n) is 15.8. The fourth-order valence-corrected chi connectivity index (χ4v) is 8.65. The van der Waals surface area contributed by atoms with Crippen molar-refractivity contribution in [1.82, 2.24) is 19.5 Å². The van der Waals surface area contributed by atoms with Crippen LogP contribution in [0.2, 0.25) is 0 Å². The highest BCUT2D eigenvalue weighted by Gasteiger charge is 2.38. The zero-order valence-electron chi connectivity index (χ0n) is 30.1. The fourth-order valence-electron chi connectivity index (χ4n) is 8.65. The van der Waals surface area contributed by atoms with Gasteiger partial charge in [0, 0.05) is 44.1 Å². The Kier molecular flexibility index (Phi) is 6.76. The summed E-state index contributed by atoms with van der Waals surface area (Å²) >= 11 is 0. The maximum atomic E-state index is 6.31. The molecule has 52 heavy (non-hydrogen) atoms. The number of rotatable bonds is 4. The Labute approximate surface area is 303 Å². The summed E-state index contributed by atoms with van der Waals surface area (Å²) in [7, 11) is 0. The van der Waals surface area contributed by atoms with Crippen LogP contribution in [0.5, 0.6) is 0 Å². The third kappa shape index (κ3) is 4.79. The SMILES string of the molecule is CC1(C)CCC(C)(C)c2cc3c(cc21)c1ccccc1n3-c1cccc(-c2nc(-c3ccccc3)nc(-c3cccc4oc5c(c34)CCC=C5)n2)c1. The van der Waals surface area contributed by atoms with Gasteiger partial charge < -0.3 is 8.98 Å². The largest absolute Gasteiger partial charge is 0.456 e. The van der Waals surface area contributed by atoms with Crippen molar-refractivity contribution in [2.75, 3.05) is 0 Å². The Morgan fingerprint density at radius 2 is 1.31 bits per heavy atom. The van der Waals surface area contributed by atoms with E-state index in [1.165, 1.54) is 51.3 Å². The molecule has 8 aromatic rings. The predicted molar refractivity (Wildman–Crippen MR) is 213 cm³/mol. The highest BCUT2D eigenvalue weighted by Crippen LogP contribution is 2.48. The van der Waals surface area contributed by atoms with E-state index in [2.05, 4.69) is 123 Å². The van der Waals surface area contributed by atoms with E-state index in [0.717, 1.165) is 51.9 Å². The summed E-state index contributed by atoms with van der Waals surface area (Å²) in [6.45, 7) is 9.61. The second kappa shape index (κ2) is 11.3. The van der Waals surface area contributed by atoms with Gasteiger partial charge in [-0.2, -0.15) is 0 Å². The summed E-state index contributed by atoms with van der Waals surface area (Å²) in [5, 5.41) is 3.65. The van der Waals surface area contributed by atoms with Gasteiger partial charge in [0.05, 0.1) is 11.0 Å². The number of allylic oxidation sites excluding steroid dienone is 1. The maximum absolute atomic E-state index is 6.31. The summed E-state index contributed by atoms with van der Waals surface area (Å²) in [5.41, 5.74) is 11.6. The van der Waals surface area contributed by atoms with Gasteiger partial charge in [0.15, 0.2) is 17.5 Å². The normalized spacial score (nSPS) is 16.0. The number of fused-ring (bicyclic) bond motifs is 7. The maximum Gasteiger partial charge on any atom is 0.164 e. The number of hydrogen-bond donors (Lipinski definition) is 0. The molecule has 0 spiro atoms. The minimum absolute atomic E-state index is 0.102.